The van der Waals surface area contributed by atoms with Crippen LogP contribution in [0, 0.1) is 0 Å². The first-order valence-electron chi connectivity index (χ1n) is 17.4. The molecule has 0 unspecified atom stereocenters. The lowest BCUT2D eigenvalue weighted by atomic mass is 9.81. The molecule has 1 nitrogen and oxygen atoms in total. The molecule has 0 N–H and O–H groups in total. The first-order valence-corrected chi connectivity index (χ1v) is 17.4. The molecule has 8 aromatic carbocycles. The van der Waals surface area contributed by atoms with Gasteiger partial charge in [-0.1, -0.05) is 166 Å². The third-order valence-electron chi connectivity index (χ3n) is 10.5. The van der Waals surface area contributed by atoms with Gasteiger partial charge in [0.1, 0.15) is 0 Å². The summed E-state index contributed by atoms with van der Waals surface area (Å²) in [4.78, 5) is 2.44. The van der Waals surface area contributed by atoms with E-state index in [2.05, 4.69) is 207 Å². The molecule has 1 aliphatic rings. The van der Waals surface area contributed by atoms with Gasteiger partial charge in [0.15, 0.2) is 0 Å². The van der Waals surface area contributed by atoms with Crippen LogP contribution in [-0.4, -0.2) is 0 Å². The zero-order valence-electron chi connectivity index (χ0n) is 28.3. The van der Waals surface area contributed by atoms with Crippen LogP contribution in [0.25, 0.3) is 55.3 Å². The Bertz CT molecular complexity index is 2470. The Balaban J connectivity index is 1.24. The van der Waals surface area contributed by atoms with Crippen LogP contribution in [0.5, 0.6) is 0 Å². The van der Waals surface area contributed by atoms with E-state index in [9.17, 15) is 0 Å². The monoisotopic (exact) mass is 639 g/mol. The second-order valence-electron chi connectivity index (χ2n) is 13.8. The number of para-hydroxylation sites is 1. The molecule has 238 valence electrons. The predicted octanol–water partition coefficient (Wildman–Crippen LogP) is 13.6. The maximum atomic E-state index is 2.46. The van der Waals surface area contributed by atoms with Gasteiger partial charge in [-0.25, -0.2) is 0 Å². The minimum Gasteiger partial charge on any atom is -0.310 e. The average Bonchev–Trinajstić information content (AvgIpc) is 3.41. The third kappa shape index (κ3) is 5.02. The maximum Gasteiger partial charge on any atom is 0.0543 e. The molecule has 1 heteroatoms. The van der Waals surface area contributed by atoms with Gasteiger partial charge >= 0.3 is 0 Å². The lowest BCUT2D eigenvalue weighted by Gasteiger charge is -2.30. The Hall–Kier alpha value is -6.18. The Kier molecular flexibility index (Phi) is 7.21. The summed E-state index contributed by atoms with van der Waals surface area (Å²) >= 11 is 0. The van der Waals surface area contributed by atoms with Gasteiger partial charge in [-0.15, -0.1) is 0 Å². The van der Waals surface area contributed by atoms with Crippen molar-refractivity contribution >= 4 is 27.8 Å². The van der Waals surface area contributed by atoms with Gasteiger partial charge in [0.2, 0.25) is 0 Å². The van der Waals surface area contributed by atoms with E-state index in [0.717, 1.165) is 11.4 Å². The molecular formula is C49H37N. The first-order chi connectivity index (χ1) is 24.6. The van der Waals surface area contributed by atoms with Crippen molar-refractivity contribution in [2.75, 3.05) is 4.90 Å². The zero-order chi connectivity index (χ0) is 33.7. The number of hydrogen-bond acceptors (Lipinski definition) is 1. The molecule has 8 aromatic rings. The van der Waals surface area contributed by atoms with Gasteiger partial charge in [0.25, 0.3) is 0 Å². The summed E-state index contributed by atoms with van der Waals surface area (Å²) in [7, 11) is 0. The smallest absolute Gasteiger partial charge is 0.0543 e. The highest BCUT2D eigenvalue weighted by molar-refractivity contribution is 5.98. The van der Waals surface area contributed by atoms with Gasteiger partial charge in [-0.3, -0.25) is 0 Å². The summed E-state index contributed by atoms with van der Waals surface area (Å²) in [6.07, 6.45) is 0. The van der Waals surface area contributed by atoms with Crippen molar-refractivity contribution in [3.63, 3.8) is 0 Å². The largest absolute Gasteiger partial charge is 0.310 e. The van der Waals surface area contributed by atoms with Crippen molar-refractivity contribution in [2.45, 2.75) is 19.3 Å². The fourth-order valence-corrected chi connectivity index (χ4v) is 7.90. The van der Waals surface area contributed by atoms with E-state index < -0.39 is 0 Å². The van der Waals surface area contributed by atoms with Crippen molar-refractivity contribution in [1.82, 2.24) is 0 Å². The Labute approximate surface area is 294 Å². The number of anilines is 3. The van der Waals surface area contributed by atoms with Gasteiger partial charge < -0.3 is 4.90 Å². The van der Waals surface area contributed by atoms with Crippen molar-refractivity contribution in [3.8, 4) is 44.5 Å². The van der Waals surface area contributed by atoms with E-state index in [1.165, 1.54) is 72.1 Å². The highest BCUT2D eigenvalue weighted by Crippen LogP contribution is 2.53. The van der Waals surface area contributed by atoms with E-state index in [4.69, 9.17) is 0 Å². The van der Waals surface area contributed by atoms with Crippen molar-refractivity contribution in [1.29, 1.82) is 0 Å². The van der Waals surface area contributed by atoms with Crippen molar-refractivity contribution in [3.05, 3.63) is 199 Å². The Morgan fingerprint density at radius 2 is 0.900 bits per heavy atom. The normalized spacial score (nSPS) is 12.8. The molecule has 9 rings (SSSR count). The molecule has 0 fully saturated rings. The lowest BCUT2D eigenvalue weighted by Crippen LogP contribution is -2.17. The van der Waals surface area contributed by atoms with E-state index in [-0.39, 0.29) is 5.41 Å². The standard InChI is InChI=1S/C49H37N/c1-49(2)46-23-12-11-21-43(46)45-32-44(38-26-24-35(25-27-38)34-14-5-3-6-15-34)48(33-47(45)49)50(39-18-7-4-8-19-39)40-30-28-37(29-31-40)42-22-13-17-36-16-9-10-20-41(36)42/h3-33H,1-2H3. The average molecular weight is 640 g/mol. The molecule has 0 atom stereocenters. The number of rotatable bonds is 6. The topological polar surface area (TPSA) is 3.24 Å². The lowest BCUT2D eigenvalue weighted by molar-refractivity contribution is 0.660. The molecule has 0 heterocycles. The number of hydrogen-bond donors (Lipinski definition) is 0. The van der Waals surface area contributed by atoms with Crippen LogP contribution in [0.15, 0.2) is 188 Å². The summed E-state index contributed by atoms with van der Waals surface area (Å²) in [5.74, 6) is 0. The quantitative estimate of drug-likeness (QED) is 0.175. The summed E-state index contributed by atoms with van der Waals surface area (Å²) in [6.45, 7) is 4.73. The second kappa shape index (κ2) is 12.1. The van der Waals surface area contributed by atoms with Crippen LogP contribution in [-0.2, 0) is 5.41 Å². The summed E-state index contributed by atoms with van der Waals surface area (Å²) in [5.41, 5.74) is 16.0. The molecule has 0 spiro atoms. The molecule has 0 saturated carbocycles. The van der Waals surface area contributed by atoms with Gasteiger partial charge in [-0.2, -0.15) is 0 Å². The van der Waals surface area contributed by atoms with E-state index in [1.54, 1.807) is 0 Å². The molecule has 50 heavy (non-hydrogen) atoms. The molecular weight excluding hydrogens is 603 g/mol. The first kappa shape index (κ1) is 29.9. The highest BCUT2D eigenvalue weighted by Gasteiger charge is 2.37. The third-order valence-corrected chi connectivity index (χ3v) is 10.5. The Morgan fingerprint density at radius 3 is 1.68 bits per heavy atom. The predicted molar refractivity (Wildman–Crippen MR) is 213 cm³/mol. The highest BCUT2D eigenvalue weighted by atomic mass is 15.1. The van der Waals surface area contributed by atoms with Crippen LogP contribution >= 0.6 is 0 Å². The van der Waals surface area contributed by atoms with Gasteiger partial charge in [0.05, 0.1) is 5.69 Å². The molecule has 0 aromatic heterocycles. The van der Waals surface area contributed by atoms with Crippen LogP contribution in [0.1, 0.15) is 25.0 Å². The number of nitrogens with zero attached hydrogens (tertiary/aromatic N) is 1. The van der Waals surface area contributed by atoms with Crippen LogP contribution in [0.4, 0.5) is 17.1 Å². The van der Waals surface area contributed by atoms with Crippen molar-refractivity contribution < 1.29 is 0 Å². The minimum atomic E-state index is -0.128. The van der Waals surface area contributed by atoms with E-state index in [1.807, 2.05) is 0 Å². The Morgan fingerprint density at radius 1 is 0.360 bits per heavy atom. The van der Waals surface area contributed by atoms with E-state index in [0.29, 0.717) is 0 Å². The zero-order valence-corrected chi connectivity index (χ0v) is 28.3. The maximum absolute atomic E-state index is 2.46. The fraction of sp³-hybridized carbons (Fsp3) is 0.0612. The van der Waals surface area contributed by atoms with E-state index >= 15 is 0 Å². The fourth-order valence-electron chi connectivity index (χ4n) is 7.90. The SMILES string of the molecule is CC1(C)c2ccccc2-c2cc(-c3ccc(-c4ccccc4)cc3)c(N(c3ccccc3)c3ccc(-c4cccc5ccccc45)cc3)cc21. The molecule has 1 aliphatic carbocycles. The van der Waals surface area contributed by atoms with Crippen LogP contribution in [0.3, 0.4) is 0 Å². The van der Waals surface area contributed by atoms with Crippen LogP contribution in [0.2, 0.25) is 0 Å². The molecule has 0 bridgehead atoms. The summed E-state index contributed by atoms with van der Waals surface area (Å²) in [5, 5.41) is 2.52. The molecule has 0 amide bonds. The van der Waals surface area contributed by atoms with Crippen LogP contribution < -0.4 is 4.90 Å². The van der Waals surface area contributed by atoms with Gasteiger partial charge in [0, 0.05) is 22.4 Å². The molecule has 0 radical (unpaired) electrons. The summed E-state index contributed by atoms with van der Waals surface area (Å²) in [6, 6.07) is 68.6. The number of fused-ring (bicyclic) bond motifs is 4. The minimum absolute atomic E-state index is 0.128. The number of benzene rings is 8. The molecule has 0 saturated heterocycles. The summed E-state index contributed by atoms with van der Waals surface area (Å²) < 4.78 is 0. The van der Waals surface area contributed by atoms with Gasteiger partial charge in [-0.05, 0) is 97.2 Å². The molecule has 0 aliphatic heterocycles. The second-order valence-corrected chi connectivity index (χ2v) is 13.8. The van der Waals surface area contributed by atoms with Crippen molar-refractivity contribution in [2.24, 2.45) is 0 Å².